The molecule has 0 heterocycles. The van der Waals surface area contributed by atoms with E-state index in [4.69, 9.17) is 5.26 Å². The molecule has 0 spiro atoms. The number of hydrogen-bond acceptors (Lipinski definition) is 4. The highest BCUT2D eigenvalue weighted by Gasteiger charge is 1.88. The smallest absolute Gasteiger partial charge is 0.154 e. The van der Waals surface area contributed by atoms with Gasteiger partial charge in [0.1, 0.15) is 6.29 Å². The van der Waals surface area contributed by atoms with Crippen LogP contribution in [0.15, 0.2) is 0 Å². The topological polar surface area (TPSA) is 59.3 Å². The van der Waals surface area contributed by atoms with Crippen molar-refractivity contribution in [1.29, 1.82) is 5.26 Å². The van der Waals surface area contributed by atoms with Gasteiger partial charge >= 0.3 is 0 Å². The normalized spacial score (nSPS) is 9.19. The number of methoxy groups -OCH3 is 2. The lowest BCUT2D eigenvalue weighted by atomic mass is 10.1. The Kier molecular flexibility index (Phi) is 18.0. The summed E-state index contributed by atoms with van der Waals surface area (Å²) in [7, 11) is 3.21. The Morgan fingerprint density at radius 2 is 1.75 bits per heavy atom. The van der Waals surface area contributed by atoms with Gasteiger partial charge in [-0.1, -0.05) is 12.8 Å². The van der Waals surface area contributed by atoms with Crippen molar-refractivity contribution < 1.29 is 14.3 Å². The van der Waals surface area contributed by atoms with Crippen LogP contribution in [-0.2, 0) is 14.3 Å². The van der Waals surface area contributed by atoms with Crippen LogP contribution in [0.1, 0.15) is 45.4 Å². The minimum absolute atomic E-state index is 0.0648. The minimum atomic E-state index is -0.0648. The van der Waals surface area contributed by atoms with Gasteiger partial charge in [0.2, 0.25) is 0 Å². The average Bonchev–Trinajstić information content (AvgIpc) is 2.33. The highest BCUT2D eigenvalue weighted by atomic mass is 16.7. The molecule has 4 heteroatoms. The molecule has 0 unspecified atom stereocenters. The molecule has 94 valence electrons. The summed E-state index contributed by atoms with van der Waals surface area (Å²) >= 11 is 0. The lowest BCUT2D eigenvalue weighted by Crippen LogP contribution is -2.05. The summed E-state index contributed by atoms with van der Waals surface area (Å²) in [5.41, 5.74) is 0. The molecule has 0 saturated heterocycles. The number of nitriles is 1. The van der Waals surface area contributed by atoms with Gasteiger partial charge < -0.3 is 14.3 Å². The molecule has 0 radical (unpaired) electrons. The third kappa shape index (κ3) is 18.8. The van der Waals surface area contributed by atoms with E-state index in [0.29, 0.717) is 12.8 Å². The average molecular weight is 229 g/mol. The SMILES string of the molecule is COC(C)OC.N#CCCCCCCC=O. The summed E-state index contributed by atoms with van der Waals surface area (Å²) in [4.78, 5) is 9.84. The van der Waals surface area contributed by atoms with Crippen LogP contribution in [0, 0.1) is 11.3 Å². The second-order valence-electron chi connectivity index (χ2n) is 3.32. The molecule has 0 fully saturated rings. The van der Waals surface area contributed by atoms with Gasteiger partial charge in [0.05, 0.1) is 6.07 Å². The summed E-state index contributed by atoms with van der Waals surface area (Å²) in [6.45, 7) is 1.83. The number of ether oxygens (including phenoxy) is 2. The maximum atomic E-state index is 9.84. The highest BCUT2D eigenvalue weighted by Crippen LogP contribution is 2.02. The number of aldehydes is 1. The molecule has 0 rings (SSSR count). The Balaban J connectivity index is 0. The molecule has 0 aliphatic rings. The highest BCUT2D eigenvalue weighted by molar-refractivity contribution is 5.48. The van der Waals surface area contributed by atoms with E-state index in [9.17, 15) is 4.79 Å². The van der Waals surface area contributed by atoms with Crippen molar-refractivity contribution in [1.82, 2.24) is 0 Å². The van der Waals surface area contributed by atoms with E-state index < -0.39 is 0 Å². The van der Waals surface area contributed by atoms with Gasteiger partial charge in [0.25, 0.3) is 0 Å². The van der Waals surface area contributed by atoms with Crippen molar-refractivity contribution in [3.63, 3.8) is 0 Å². The van der Waals surface area contributed by atoms with Gasteiger partial charge in [-0.2, -0.15) is 5.26 Å². The fourth-order valence-electron chi connectivity index (χ4n) is 0.882. The van der Waals surface area contributed by atoms with Crippen molar-refractivity contribution in [2.24, 2.45) is 0 Å². The van der Waals surface area contributed by atoms with Gasteiger partial charge in [0, 0.05) is 27.1 Å². The summed E-state index contributed by atoms with van der Waals surface area (Å²) in [5.74, 6) is 0. The van der Waals surface area contributed by atoms with Crippen molar-refractivity contribution in [2.75, 3.05) is 14.2 Å². The Morgan fingerprint density at radius 1 is 1.19 bits per heavy atom. The van der Waals surface area contributed by atoms with E-state index in [2.05, 4.69) is 15.5 Å². The first-order valence-corrected chi connectivity index (χ1v) is 5.59. The first kappa shape index (κ1) is 17.5. The van der Waals surface area contributed by atoms with Crippen molar-refractivity contribution in [3.8, 4) is 6.07 Å². The molecule has 0 amide bonds. The Labute approximate surface area is 98.5 Å². The zero-order chi connectivity index (χ0) is 12.6. The summed E-state index contributed by atoms with van der Waals surface area (Å²) < 4.78 is 9.35. The van der Waals surface area contributed by atoms with Crippen LogP contribution < -0.4 is 0 Å². The monoisotopic (exact) mass is 229 g/mol. The zero-order valence-electron chi connectivity index (χ0n) is 10.6. The molecular formula is C12H23NO3. The number of hydrogen-bond donors (Lipinski definition) is 0. The molecule has 0 aliphatic carbocycles. The largest absolute Gasteiger partial charge is 0.356 e. The summed E-state index contributed by atoms with van der Waals surface area (Å²) in [5, 5.41) is 8.16. The lowest BCUT2D eigenvalue weighted by molar-refractivity contribution is -0.107. The fraction of sp³-hybridized carbons (Fsp3) is 0.833. The number of carbonyl (C=O) groups excluding carboxylic acids is 1. The maximum Gasteiger partial charge on any atom is 0.154 e. The van der Waals surface area contributed by atoms with Crippen LogP contribution in [0.4, 0.5) is 0 Å². The van der Waals surface area contributed by atoms with E-state index >= 15 is 0 Å². The molecule has 0 aromatic rings. The van der Waals surface area contributed by atoms with Crippen LogP contribution in [0.5, 0.6) is 0 Å². The molecule has 0 bridgehead atoms. The maximum absolute atomic E-state index is 9.84. The van der Waals surface area contributed by atoms with Crippen LogP contribution in [0.25, 0.3) is 0 Å². The molecule has 0 atom stereocenters. The molecule has 0 saturated carbocycles. The molecule has 0 aliphatic heterocycles. The number of carbonyl (C=O) groups is 1. The number of rotatable bonds is 8. The zero-order valence-corrected chi connectivity index (χ0v) is 10.6. The minimum Gasteiger partial charge on any atom is -0.356 e. The van der Waals surface area contributed by atoms with Gasteiger partial charge in [-0.3, -0.25) is 0 Å². The summed E-state index contributed by atoms with van der Waals surface area (Å²) in [6, 6.07) is 2.09. The number of nitrogens with zero attached hydrogens (tertiary/aromatic N) is 1. The van der Waals surface area contributed by atoms with E-state index in [-0.39, 0.29) is 6.29 Å². The van der Waals surface area contributed by atoms with Crippen LogP contribution >= 0.6 is 0 Å². The molecular weight excluding hydrogens is 206 g/mol. The van der Waals surface area contributed by atoms with Gasteiger partial charge in [-0.05, 0) is 19.8 Å². The van der Waals surface area contributed by atoms with Crippen molar-refractivity contribution in [3.05, 3.63) is 0 Å². The molecule has 16 heavy (non-hydrogen) atoms. The van der Waals surface area contributed by atoms with E-state index in [1.807, 2.05) is 6.92 Å². The van der Waals surface area contributed by atoms with Crippen LogP contribution in [0.3, 0.4) is 0 Å². The second-order valence-corrected chi connectivity index (χ2v) is 3.32. The molecule has 4 nitrogen and oxygen atoms in total. The Hall–Kier alpha value is -0.920. The van der Waals surface area contributed by atoms with Crippen molar-refractivity contribution in [2.45, 2.75) is 51.7 Å². The van der Waals surface area contributed by atoms with Gasteiger partial charge in [-0.25, -0.2) is 0 Å². The standard InChI is InChI=1S/C8H13NO.C4H10O2/c9-7-5-3-1-2-4-6-8-10;1-4(5-2)6-3/h8H,1-6H2;4H,1-3H3. The van der Waals surface area contributed by atoms with Crippen LogP contribution in [-0.4, -0.2) is 26.8 Å². The number of unbranched alkanes of at least 4 members (excludes halogenated alkanes) is 5. The van der Waals surface area contributed by atoms with Crippen LogP contribution in [0.2, 0.25) is 0 Å². The van der Waals surface area contributed by atoms with E-state index in [1.54, 1.807) is 14.2 Å². The molecule has 0 N–H and O–H groups in total. The molecule has 0 aromatic heterocycles. The predicted octanol–water partition coefficient (Wildman–Crippen LogP) is 2.67. The third-order valence-electron chi connectivity index (χ3n) is 2.02. The predicted molar refractivity (Wildman–Crippen MR) is 62.9 cm³/mol. The first-order chi connectivity index (χ1) is 7.72. The van der Waals surface area contributed by atoms with Gasteiger partial charge in [0.15, 0.2) is 6.29 Å². The Bertz CT molecular complexity index is 174. The lowest BCUT2D eigenvalue weighted by Gasteiger charge is -2.03. The quantitative estimate of drug-likeness (QED) is 0.365. The second kappa shape index (κ2) is 16.5. The van der Waals surface area contributed by atoms with Gasteiger partial charge in [-0.15, -0.1) is 0 Å². The van der Waals surface area contributed by atoms with E-state index in [1.165, 1.54) is 0 Å². The first-order valence-electron chi connectivity index (χ1n) is 5.59. The van der Waals surface area contributed by atoms with Crippen molar-refractivity contribution >= 4 is 6.29 Å². The summed E-state index contributed by atoms with van der Waals surface area (Å²) in [6.07, 6.45) is 6.34. The van der Waals surface area contributed by atoms with E-state index in [0.717, 1.165) is 32.0 Å². The Morgan fingerprint density at radius 3 is 2.12 bits per heavy atom. The fourth-order valence-corrected chi connectivity index (χ4v) is 0.882. The third-order valence-corrected chi connectivity index (χ3v) is 2.02. The molecule has 0 aromatic carbocycles.